The molecule has 2 aromatic rings. The molecule has 0 saturated carbocycles. The van der Waals surface area contributed by atoms with Gasteiger partial charge in [-0.3, -0.25) is 9.59 Å². The highest BCUT2D eigenvalue weighted by Crippen LogP contribution is 2.28. The Morgan fingerprint density at radius 3 is 2.40 bits per heavy atom. The van der Waals surface area contributed by atoms with E-state index in [4.69, 9.17) is 25.8 Å². The molecular weight excluding hydrogens is 488 g/mol. The standard InChI is InChI=1S/C26H37ClN2O5S/c1-6-34-15-7-13-29(26(31)20(3)27)18-25(30)28(17-22-10-8-19(2)35-22)14-12-21-9-11-23(32-4)24(16-21)33-5/h8-11,16,20H,6-7,12-15,17-18H2,1-5H3. The van der Waals surface area contributed by atoms with E-state index in [-0.39, 0.29) is 18.4 Å². The van der Waals surface area contributed by atoms with Gasteiger partial charge in [-0.05, 0) is 63.4 Å². The Balaban J connectivity index is 2.16. The van der Waals surface area contributed by atoms with Gasteiger partial charge in [0.25, 0.3) is 0 Å². The van der Waals surface area contributed by atoms with Gasteiger partial charge in [-0.2, -0.15) is 0 Å². The summed E-state index contributed by atoms with van der Waals surface area (Å²) in [6.45, 7) is 8.14. The Bertz CT molecular complexity index is 950. The molecule has 0 aliphatic rings. The summed E-state index contributed by atoms with van der Waals surface area (Å²) in [5, 5.41) is -0.699. The van der Waals surface area contributed by atoms with Crippen molar-refractivity contribution in [3.05, 3.63) is 45.6 Å². The molecule has 0 bridgehead atoms. The van der Waals surface area contributed by atoms with Crippen LogP contribution in [0.5, 0.6) is 11.5 Å². The van der Waals surface area contributed by atoms with Gasteiger partial charge in [-0.15, -0.1) is 22.9 Å². The summed E-state index contributed by atoms with van der Waals surface area (Å²) in [7, 11) is 3.20. The number of amides is 2. The van der Waals surface area contributed by atoms with Crippen LogP contribution < -0.4 is 9.47 Å². The van der Waals surface area contributed by atoms with Crippen molar-refractivity contribution >= 4 is 34.8 Å². The first-order valence-electron chi connectivity index (χ1n) is 11.8. The van der Waals surface area contributed by atoms with Crippen LogP contribution in [0.3, 0.4) is 0 Å². The third kappa shape index (κ3) is 9.35. The van der Waals surface area contributed by atoms with Crippen LogP contribution in [0.25, 0.3) is 0 Å². The van der Waals surface area contributed by atoms with Crippen molar-refractivity contribution in [1.29, 1.82) is 0 Å². The topological polar surface area (TPSA) is 68.3 Å². The number of nitrogens with zero attached hydrogens (tertiary/aromatic N) is 2. The maximum Gasteiger partial charge on any atom is 0.242 e. The molecule has 9 heteroatoms. The van der Waals surface area contributed by atoms with Gasteiger partial charge >= 0.3 is 0 Å². The largest absolute Gasteiger partial charge is 0.493 e. The molecule has 0 saturated heterocycles. The second-order valence-electron chi connectivity index (χ2n) is 8.19. The number of hydrogen-bond acceptors (Lipinski definition) is 6. The van der Waals surface area contributed by atoms with E-state index in [2.05, 4.69) is 6.07 Å². The number of carbonyl (C=O) groups excluding carboxylic acids is 2. The average Bonchev–Trinajstić information content (AvgIpc) is 3.27. The number of methoxy groups -OCH3 is 2. The summed E-state index contributed by atoms with van der Waals surface area (Å²) in [5.74, 6) is 0.954. The zero-order valence-electron chi connectivity index (χ0n) is 21.3. The van der Waals surface area contributed by atoms with Crippen molar-refractivity contribution in [2.45, 2.75) is 45.5 Å². The molecule has 0 aliphatic carbocycles. The third-order valence-corrected chi connectivity index (χ3v) is 6.68. The van der Waals surface area contributed by atoms with Gasteiger partial charge in [0.15, 0.2) is 11.5 Å². The van der Waals surface area contributed by atoms with E-state index in [9.17, 15) is 9.59 Å². The Morgan fingerprint density at radius 1 is 1.06 bits per heavy atom. The van der Waals surface area contributed by atoms with Crippen molar-refractivity contribution in [3.63, 3.8) is 0 Å². The van der Waals surface area contributed by atoms with Crippen molar-refractivity contribution in [3.8, 4) is 11.5 Å². The number of carbonyl (C=O) groups is 2. The highest BCUT2D eigenvalue weighted by atomic mass is 35.5. The van der Waals surface area contributed by atoms with Gasteiger partial charge in [0.05, 0.1) is 27.3 Å². The van der Waals surface area contributed by atoms with Crippen LogP contribution >= 0.6 is 22.9 Å². The number of thiophene rings is 1. The Morgan fingerprint density at radius 2 is 1.80 bits per heavy atom. The van der Waals surface area contributed by atoms with Crippen LogP contribution in [0.2, 0.25) is 0 Å². The Kier molecular flexibility index (Phi) is 12.4. The van der Waals surface area contributed by atoms with E-state index in [0.717, 1.165) is 10.4 Å². The summed E-state index contributed by atoms with van der Waals surface area (Å²) < 4.78 is 16.1. The van der Waals surface area contributed by atoms with Crippen LogP contribution in [0.15, 0.2) is 30.3 Å². The predicted molar refractivity (Wildman–Crippen MR) is 141 cm³/mol. The highest BCUT2D eigenvalue weighted by molar-refractivity contribution is 7.11. The lowest BCUT2D eigenvalue weighted by atomic mass is 10.1. The molecular formula is C26H37ClN2O5S. The van der Waals surface area contributed by atoms with Gasteiger partial charge in [-0.1, -0.05) is 6.07 Å². The third-order valence-electron chi connectivity index (χ3n) is 5.51. The molecule has 35 heavy (non-hydrogen) atoms. The quantitative estimate of drug-likeness (QED) is 0.253. The van der Waals surface area contributed by atoms with Gasteiger partial charge < -0.3 is 24.0 Å². The maximum atomic E-state index is 13.4. The second kappa shape index (κ2) is 15.0. The van der Waals surface area contributed by atoms with Crippen LogP contribution in [-0.2, 0) is 27.3 Å². The molecule has 0 N–H and O–H groups in total. The molecule has 194 valence electrons. The van der Waals surface area contributed by atoms with Crippen LogP contribution in [0.4, 0.5) is 0 Å². The second-order valence-corrected chi connectivity index (χ2v) is 10.2. The van der Waals surface area contributed by atoms with Crippen molar-refractivity contribution in [2.24, 2.45) is 0 Å². The lowest BCUT2D eigenvalue weighted by Crippen LogP contribution is -2.45. The van der Waals surface area contributed by atoms with E-state index < -0.39 is 5.38 Å². The molecule has 0 aliphatic heterocycles. The first-order valence-corrected chi connectivity index (χ1v) is 13.1. The fourth-order valence-electron chi connectivity index (χ4n) is 3.63. The lowest BCUT2D eigenvalue weighted by Gasteiger charge is -2.28. The minimum atomic E-state index is -0.699. The fourth-order valence-corrected chi connectivity index (χ4v) is 4.68. The summed E-state index contributed by atoms with van der Waals surface area (Å²) in [4.78, 5) is 31.8. The van der Waals surface area contributed by atoms with Gasteiger partial charge in [0.2, 0.25) is 11.8 Å². The zero-order valence-corrected chi connectivity index (χ0v) is 22.9. The first kappa shape index (κ1) is 28.9. The van der Waals surface area contributed by atoms with E-state index in [1.54, 1.807) is 37.4 Å². The monoisotopic (exact) mass is 524 g/mol. The number of hydrogen-bond donors (Lipinski definition) is 0. The summed E-state index contributed by atoms with van der Waals surface area (Å²) >= 11 is 7.75. The zero-order chi connectivity index (χ0) is 25.8. The number of ether oxygens (including phenoxy) is 3. The Labute approximate surface area is 217 Å². The molecule has 2 rings (SSSR count). The van der Waals surface area contributed by atoms with Crippen LogP contribution in [0, 0.1) is 6.92 Å². The molecule has 1 atom stereocenters. The highest BCUT2D eigenvalue weighted by Gasteiger charge is 2.24. The minimum absolute atomic E-state index is 0.0156. The van der Waals surface area contributed by atoms with E-state index in [0.29, 0.717) is 57.2 Å². The fraction of sp³-hybridized carbons (Fsp3) is 0.538. The van der Waals surface area contributed by atoms with Gasteiger partial charge in [0, 0.05) is 36.1 Å². The van der Waals surface area contributed by atoms with Crippen molar-refractivity contribution in [1.82, 2.24) is 9.80 Å². The van der Waals surface area contributed by atoms with E-state index >= 15 is 0 Å². The predicted octanol–water partition coefficient (Wildman–Crippen LogP) is 4.53. The smallest absolute Gasteiger partial charge is 0.242 e. The van der Waals surface area contributed by atoms with Crippen molar-refractivity contribution in [2.75, 3.05) is 47.1 Å². The van der Waals surface area contributed by atoms with Crippen molar-refractivity contribution < 1.29 is 23.8 Å². The minimum Gasteiger partial charge on any atom is -0.493 e. The number of rotatable bonds is 15. The normalized spacial score (nSPS) is 11.7. The number of benzene rings is 1. The maximum absolute atomic E-state index is 13.4. The molecule has 7 nitrogen and oxygen atoms in total. The molecule has 1 heterocycles. The molecule has 0 spiro atoms. The lowest BCUT2D eigenvalue weighted by molar-refractivity contribution is -0.140. The van der Waals surface area contributed by atoms with Crippen LogP contribution in [-0.4, -0.2) is 74.1 Å². The summed E-state index contributed by atoms with van der Waals surface area (Å²) in [6.07, 6.45) is 1.28. The Hall–Kier alpha value is -2.29. The number of alkyl halides is 1. The average molecular weight is 525 g/mol. The van der Waals surface area contributed by atoms with E-state index in [1.807, 2.05) is 43.0 Å². The molecule has 0 radical (unpaired) electrons. The van der Waals surface area contributed by atoms with Crippen LogP contribution in [0.1, 0.15) is 35.6 Å². The SMILES string of the molecule is CCOCCCN(CC(=O)N(CCc1ccc(OC)c(OC)c1)Cc1ccc(C)s1)C(=O)C(C)Cl. The van der Waals surface area contributed by atoms with Gasteiger partial charge in [0.1, 0.15) is 5.38 Å². The molecule has 1 aromatic carbocycles. The number of aryl methyl sites for hydroxylation is 1. The van der Waals surface area contributed by atoms with E-state index in [1.165, 1.54) is 4.88 Å². The first-order chi connectivity index (χ1) is 16.8. The van der Waals surface area contributed by atoms with Gasteiger partial charge in [-0.25, -0.2) is 0 Å². The summed E-state index contributed by atoms with van der Waals surface area (Å²) in [5.41, 5.74) is 1.03. The molecule has 1 unspecified atom stereocenters. The molecule has 2 amide bonds. The summed E-state index contributed by atoms with van der Waals surface area (Å²) in [6, 6.07) is 9.86. The molecule has 1 aromatic heterocycles. The molecule has 0 fully saturated rings. The number of halogens is 1.